The molecule has 0 bridgehead atoms. The fraction of sp³-hybridized carbons (Fsp3) is 0.467. The standard InChI is InChI=1S/C15H20FN3O2/c1-10(2)21-11(3)14-17-18-15(20)19(14)9-8-12-6-4-5-7-13(12)16/h4-7,10-11H,8-9H2,1-3H3,(H,18,20)/t11-/m0/s1. The molecular weight excluding hydrogens is 273 g/mol. The smallest absolute Gasteiger partial charge is 0.343 e. The van der Waals surface area contributed by atoms with E-state index in [2.05, 4.69) is 10.2 Å². The van der Waals surface area contributed by atoms with Crippen molar-refractivity contribution in [1.82, 2.24) is 14.8 Å². The minimum Gasteiger partial charge on any atom is -0.368 e. The zero-order valence-electron chi connectivity index (χ0n) is 12.5. The summed E-state index contributed by atoms with van der Waals surface area (Å²) in [4.78, 5) is 11.8. The number of nitrogens with zero attached hydrogens (tertiary/aromatic N) is 2. The number of aromatic nitrogens is 3. The summed E-state index contributed by atoms with van der Waals surface area (Å²) in [7, 11) is 0. The molecule has 0 saturated carbocycles. The Morgan fingerprint density at radius 2 is 2.05 bits per heavy atom. The number of ether oxygens (including phenoxy) is 1. The van der Waals surface area contributed by atoms with Gasteiger partial charge in [0.05, 0.1) is 6.10 Å². The van der Waals surface area contributed by atoms with E-state index in [0.717, 1.165) is 0 Å². The summed E-state index contributed by atoms with van der Waals surface area (Å²) in [6.45, 7) is 6.04. The fourth-order valence-corrected chi connectivity index (χ4v) is 2.26. The van der Waals surface area contributed by atoms with E-state index in [9.17, 15) is 9.18 Å². The summed E-state index contributed by atoms with van der Waals surface area (Å²) in [5.74, 6) is 0.270. The number of nitrogens with one attached hydrogen (secondary N) is 1. The Labute approximate surface area is 122 Å². The normalized spacial score (nSPS) is 12.8. The third kappa shape index (κ3) is 3.78. The highest BCUT2D eigenvalue weighted by Gasteiger charge is 2.17. The van der Waals surface area contributed by atoms with Gasteiger partial charge in [-0.25, -0.2) is 14.3 Å². The molecule has 0 aliphatic heterocycles. The molecule has 0 aliphatic carbocycles. The minimum atomic E-state index is -0.305. The zero-order chi connectivity index (χ0) is 15.4. The molecule has 114 valence electrons. The van der Waals surface area contributed by atoms with Gasteiger partial charge < -0.3 is 4.74 Å². The van der Waals surface area contributed by atoms with Crippen molar-refractivity contribution in [2.45, 2.75) is 45.9 Å². The first-order valence-corrected chi connectivity index (χ1v) is 7.03. The summed E-state index contributed by atoms with van der Waals surface area (Å²) in [5.41, 5.74) is 0.273. The van der Waals surface area contributed by atoms with Crippen LogP contribution in [-0.2, 0) is 17.7 Å². The van der Waals surface area contributed by atoms with Crippen molar-refractivity contribution in [2.75, 3.05) is 0 Å². The quantitative estimate of drug-likeness (QED) is 0.890. The topological polar surface area (TPSA) is 59.9 Å². The van der Waals surface area contributed by atoms with E-state index < -0.39 is 0 Å². The van der Waals surface area contributed by atoms with Gasteiger partial charge in [0.1, 0.15) is 11.9 Å². The lowest BCUT2D eigenvalue weighted by Gasteiger charge is -2.16. The largest absolute Gasteiger partial charge is 0.368 e. The number of benzene rings is 1. The maximum atomic E-state index is 13.6. The minimum absolute atomic E-state index is 0.0341. The average Bonchev–Trinajstić information content (AvgIpc) is 2.78. The van der Waals surface area contributed by atoms with Crippen molar-refractivity contribution >= 4 is 0 Å². The van der Waals surface area contributed by atoms with Gasteiger partial charge in [-0.1, -0.05) is 18.2 Å². The molecule has 1 aromatic heterocycles. The predicted octanol–water partition coefficient (Wildman–Crippen LogP) is 2.44. The van der Waals surface area contributed by atoms with Gasteiger partial charge in [0.25, 0.3) is 0 Å². The molecule has 0 spiro atoms. The lowest BCUT2D eigenvalue weighted by molar-refractivity contribution is 0.0106. The number of H-pyrrole nitrogens is 1. The molecule has 1 N–H and O–H groups in total. The van der Waals surface area contributed by atoms with E-state index >= 15 is 0 Å². The monoisotopic (exact) mass is 293 g/mol. The third-order valence-corrected chi connectivity index (χ3v) is 3.19. The van der Waals surface area contributed by atoms with E-state index in [1.807, 2.05) is 20.8 Å². The van der Waals surface area contributed by atoms with Gasteiger partial charge in [-0.2, -0.15) is 5.10 Å². The van der Waals surface area contributed by atoms with Gasteiger partial charge in [0, 0.05) is 6.54 Å². The van der Waals surface area contributed by atoms with Gasteiger partial charge in [-0.3, -0.25) is 4.57 Å². The van der Waals surface area contributed by atoms with Gasteiger partial charge in [-0.15, -0.1) is 0 Å². The summed E-state index contributed by atoms with van der Waals surface area (Å²) < 4.78 is 20.8. The molecule has 2 rings (SSSR count). The molecule has 0 fully saturated rings. The van der Waals surface area contributed by atoms with Crippen LogP contribution in [0.3, 0.4) is 0 Å². The lowest BCUT2D eigenvalue weighted by atomic mass is 10.1. The molecule has 0 radical (unpaired) electrons. The third-order valence-electron chi connectivity index (χ3n) is 3.19. The molecule has 1 heterocycles. The van der Waals surface area contributed by atoms with Crippen LogP contribution in [0.15, 0.2) is 29.1 Å². The summed E-state index contributed by atoms with van der Waals surface area (Å²) in [6.07, 6.45) is 0.157. The van der Waals surface area contributed by atoms with Gasteiger partial charge >= 0.3 is 5.69 Å². The van der Waals surface area contributed by atoms with Crippen molar-refractivity contribution in [1.29, 1.82) is 0 Å². The molecule has 2 aromatic rings. The molecule has 6 heteroatoms. The number of aryl methyl sites for hydroxylation is 1. The average molecular weight is 293 g/mol. The maximum absolute atomic E-state index is 13.6. The van der Waals surface area contributed by atoms with Crippen LogP contribution in [0.2, 0.25) is 0 Å². The molecule has 0 aliphatic rings. The second kappa shape index (κ2) is 6.67. The second-order valence-corrected chi connectivity index (χ2v) is 5.21. The van der Waals surface area contributed by atoms with Crippen LogP contribution >= 0.6 is 0 Å². The van der Waals surface area contributed by atoms with Crippen molar-refractivity contribution in [2.24, 2.45) is 0 Å². The number of aromatic amines is 1. The number of halogens is 1. The Balaban J connectivity index is 2.15. The van der Waals surface area contributed by atoms with Crippen LogP contribution < -0.4 is 5.69 Å². The zero-order valence-corrected chi connectivity index (χ0v) is 12.5. The Bertz CT molecular complexity index is 648. The Morgan fingerprint density at radius 3 is 2.71 bits per heavy atom. The lowest BCUT2D eigenvalue weighted by Crippen LogP contribution is -2.22. The molecule has 0 unspecified atom stereocenters. The predicted molar refractivity (Wildman–Crippen MR) is 77.6 cm³/mol. The summed E-state index contributed by atoms with van der Waals surface area (Å²) in [5, 5.41) is 6.44. The van der Waals surface area contributed by atoms with Crippen LogP contribution in [0.1, 0.15) is 38.3 Å². The highest BCUT2D eigenvalue weighted by Crippen LogP contribution is 2.15. The first kappa shape index (κ1) is 15.4. The summed E-state index contributed by atoms with van der Waals surface area (Å²) >= 11 is 0. The Morgan fingerprint density at radius 1 is 1.33 bits per heavy atom. The number of rotatable bonds is 6. The molecule has 21 heavy (non-hydrogen) atoms. The maximum Gasteiger partial charge on any atom is 0.343 e. The van der Waals surface area contributed by atoms with E-state index in [4.69, 9.17) is 4.74 Å². The van der Waals surface area contributed by atoms with Crippen LogP contribution in [0.4, 0.5) is 4.39 Å². The highest BCUT2D eigenvalue weighted by atomic mass is 19.1. The number of hydrogen-bond donors (Lipinski definition) is 1. The van der Waals surface area contributed by atoms with E-state index in [0.29, 0.717) is 24.4 Å². The van der Waals surface area contributed by atoms with Crippen molar-refractivity contribution in [3.05, 3.63) is 52.0 Å². The summed E-state index contributed by atoms with van der Waals surface area (Å²) in [6, 6.07) is 6.56. The van der Waals surface area contributed by atoms with Gasteiger partial charge in [0.15, 0.2) is 5.82 Å². The van der Waals surface area contributed by atoms with Crippen LogP contribution in [-0.4, -0.2) is 20.9 Å². The van der Waals surface area contributed by atoms with E-state index in [1.54, 1.807) is 18.2 Å². The second-order valence-electron chi connectivity index (χ2n) is 5.21. The highest BCUT2D eigenvalue weighted by molar-refractivity contribution is 5.17. The fourth-order valence-electron chi connectivity index (χ4n) is 2.26. The van der Waals surface area contributed by atoms with Crippen molar-refractivity contribution < 1.29 is 9.13 Å². The molecule has 0 amide bonds. The van der Waals surface area contributed by atoms with Crippen LogP contribution in [0.25, 0.3) is 0 Å². The Kier molecular flexibility index (Phi) is 4.90. The van der Waals surface area contributed by atoms with Crippen molar-refractivity contribution in [3.63, 3.8) is 0 Å². The van der Waals surface area contributed by atoms with Gasteiger partial charge in [-0.05, 0) is 38.8 Å². The Hall–Kier alpha value is -1.95. The number of hydrogen-bond acceptors (Lipinski definition) is 3. The van der Waals surface area contributed by atoms with Gasteiger partial charge in [0.2, 0.25) is 0 Å². The SMILES string of the molecule is CC(C)O[C@@H](C)c1n[nH]c(=O)n1CCc1ccccc1F. The molecular formula is C15H20FN3O2. The molecule has 5 nitrogen and oxygen atoms in total. The van der Waals surface area contributed by atoms with Crippen molar-refractivity contribution in [3.8, 4) is 0 Å². The van der Waals surface area contributed by atoms with E-state index in [1.165, 1.54) is 10.6 Å². The first-order valence-electron chi connectivity index (χ1n) is 7.03. The van der Waals surface area contributed by atoms with Crippen LogP contribution in [0.5, 0.6) is 0 Å². The van der Waals surface area contributed by atoms with E-state index in [-0.39, 0.29) is 23.7 Å². The van der Waals surface area contributed by atoms with Crippen LogP contribution in [0, 0.1) is 5.82 Å². The molecule has 1 aromatic carbocycles. The molecule has 1 atom stereocenters. The first-order chi connectivity index (χ1) is 9.99. The molecule has 0 saturated heterocycles.